The van der Waals surface area contributed by atoms with E-state index in [0.29, 0.717) is 11.1 Å². The van der Waals surface area contributed by atoms with Gasteiger partial charge in [-0.15, -0.1) is 0 Å². The number of nitrogens with zero attached hydrogens (tertiary/aromatic N) is 1. The standard InChI is InChI=1S/C22H24N2O5S/c1-13-10-15(3)18(11-14(13)2)19(25)12-24-20(26)22(4,23-21(24)27)16-6-8-17(9-7-16)30(5,28)29/h6-11H,12H2,1-5H3,(H,23,27)/t22-/m0/s1. The first-order valence-corrected chi connectivity index (χ1v) is 11.3. The largest absolute Gasteiger partial charge is 0.325 e. The number of carbonyl (C=O) groups is 3. The van der Waals surface area contributed by atoms with Gasteiger partial charge in [0.15, 0.2) is 15.6 Å². The normalized spacial score (nSPS) is 19.2. The lowest BCUT2D eigenvalue weighted by atomic mass is 9.92. The van der Waals surface area contributed by atoms with Crippen LogP contribution in [0.3, 0.4) is 0 Å². The van der Waals surface area contributed by atoms with Gasteiger partial charge in [-0.2, -0.15) is 0 Å². The lowest BCUT2D eigenvalue weighted by Gasteiger charge is -2.22. The lowest BCUT2D eigenvalue weighted by molar-refractivity contribution is -0.130. The zero-order valence-corrected chi connectivity index (χ0v) is 18.4. The van der Waals surface area contributed by atoms with Crippen molar-refractivity contribution < 1.29 is 22.8 Å². The predicted molar refractivity (Wildman–Crippen MR) is 112 cm³/mol. The van der Waals surface area contributed by atoms with Crippen molar-refractivity contribution in [1.82, 2.24) is 10.2 Å². The number of hydrogen-bond donors (Lipinski definition) is 1. The average Bonchev–Trinajstić information content (AvgIpc) is 2.88. The predicted octanol–water partition coefficient (Wildman–Crippen LogP) is 2.67. The first-order valence-electron chi connectivity index (χ1n) is 9.40. The summed E-state index contributed by atoms with van der Waals surface area (Å²) in [7, 11) is -3.38. The maximum absolute atomic E-state index is 13.1. The van der Waals surface area contributed by atoms with Crippen LogP contribution in [0, 0.1) is 20.8 Å². The summed E-state index contributed by atoms with van der Waals surface area (Å²) < 4.78 is 23.3. The van der Waals surface area contributed by atoms with E-state index in [1.54, 1.807) is 6.07 Å². The summed E-state index contributed by atoms with van der Waals surface area (Å²) in [6, 6.07) is 8.78. The Labute approximate surface area is 176 Å². The molecule has 8 heteroatoms. The van der Waals surface area contributed by atoms with Crippen molar-refractivity contribution in [3.05, 3.63) is 64.2 Å². The molecule has 2 aromatic rings. The second kappa shape index (κ2) is 7.36. The Morgan fingerprint density at radius 2 is 1.57 bits per heavy atom. The fourth-order valence-electron chi connectivity index (χ4n) is 3.56. The monoisotopic (exact) mass is 428 g/mol. The van der Waals surface area contributed by atoms with Crippen LogP contribution < -0.4 is 5.32 Å². The topological polar surface area (TPSA) is 101 Å². The molecule has 0 bridgehead atoms. The summed E-state index contributed by atoms with van der Waals surface area (Å²) in [5, 5.41) is 2.63. The first kappa shape index (κ1) is 21.7. The Morgan fingerprint density at radius 3 is 2.13 bits per heavy atom. The molecule has 1 aliphatic rings. The van der Waals surface area contributed by atoms with E-state index in [-0.39, 0.29) is 17.2 Å². The van der Waals surface area contributed by atoms with Gasteiger partial charge in [0, 0.05) is 11.8 Å². The van der Waals surface area contributed by atoms with Gasteiger partial charge in [-0.25, -0.2) is 13.2 Å². The van der Waals surface area contributed by atoms with Crippen LogP contribution in [0.5, 0.6) is 0 Å². The van der Waals surface area contributed by atoms with Crippen LogP contribution in [-0.4, -0.2) is 43.8 Å². The molecule has 1 N–H and O–H groups in total. The van der Waals surface area contributed by atoms with Crippen LogP contribution in [0.4, 0.5) is 4.79 Å². The van der Waals surface area contributed by atoms with Crippen LogP contribution in [0.15, 0.2) is 41.3 Å². The number of hydrogen-bond acceptors (Lipinski definition) is 5. The third kappa shape index (κ3) is 3.75. The minimum absolute atomic E-state index is 0.115. The molecule has 0 saturated carbocycles. The molecule has 1 saturated heterocycles. The molecule has 1 atom stereocenters. The van der Waals surface area contributed by atoms with Gasteiger partial charge in [0.2, 0.25) is 0 Å². The average molecular weight is 429 g/mol. The van der Waals surface area contributed by atoms with Crippen molar-refractivity contribution in [3.8, 4) is 0 Å². The number of aryl methyl sites for hydroxylation is 3. The minimum Gasteiger partial charge on any atom is -0.319 e. The number of amides is 3. The van der Waals surface area contributed by atoms with Gasteiger partial charge in [0.05, 0.1) is 11.4 Å². The Hall–Kier alpha value is -3.00. The van der Waals surface area contributed by atoms with E-state index in [2.05, 4.69) is 5.32 Å². The molecular formula is C22H24N2O5S. The highest BCUT2D eigenvalue weighted by Gasteiger charge is 2.49. The van der Waals surface area contributed by atoms with Crippen molar-refractivity contribution in [1.29, 1.82) is 0 Å². The summed E-state index contributed by atoms with van der Waals surface area (Å²) in [5.74, 6) is -0.884. The van der Waals surface area contributed by atoms with E-state index in [1.165, 1.54) is 31.2 Å². The van der Waals surface area contributed by atoms with Gasteiger partial charge < -0.3 is 5.32 Å². The van der Waals surface area contributed by atoms with Crippen molar-refractivity contribution in [2.75, 3.05) is 12.8 Å². The van der Waals surface area contributed by atoms with E-state index in [9.17, 15) is 22.8 Å². The molecule has 0 spiro atoms. The fourth-order valence-corrected chi connectivity index (χ4v) is 4.19. The van der Waals surface area contributed by atoms with E-state index in [1.807, 2.05) is 26.8 Å². The number of rotatable bonds is 5. The molecule has 0 radical (unpaired) electrons. The zero-order chi connectivity index (χ0) is 22.4. The quantitative estimate of drug-likeness (QED) is 0.583. The molecule has 2 aromatic carbocycles. The molecule has 3 rings (SSSR count). The maximum atomic E-state index is 13.1. The van der Waals surface area contributed by atoms with E-state index < -0.39 is 27.3 Å². The molecule has 1 heterocycles. The SMILES string of the molecule is Cc1cc(C)c(C(=O)CN2C(=O)N[C@@](C)(c3ccc(S(C)(=O)=O)cc3)C2=O)cc1C. The Kier molecular flexibility index (Phi) is 5.32. The number of sulfone groups is 1. The third-order valence-electron chi connectivity index (χ3n) is 5.58. The second-order valence-electron chi connectivity index (χ2n) is 7.92. The van der Waals surface area contributed by atoms with Gasteiger partial charge in [-0.05, 0) is 68.1 Å². The number of carbonyl (C=O) groups excluding carboxylic acids is 3. The molecule has 30 heavy (non-hydrogen) atoms. The molecule has 1 fully saturated rings. The van der Waals surface area contributed by atoms with Crippen LogP contribution in [-0.2, 0) is 20.2 Å². The van der Waals surface area contributed by atoms with Crippen molar-refractivity contribution in [3.63, 3.8) is 0 Å². The summed E-state index contributed by atoms with van der Waals surface area (Å²) in [6.07, 6.45) is 1.09. The highest BCUT2D eigenvalue weighted by Crippen LogP contribution is 2.30. The Balaban J connectivity index is 1.87. The fraction of sp³-hybridized carbons (Fsp3) is 0.318. The summed E-state index contributed by atoms with van der Waals surface area (Å²) in [6.45, 7) is 6.84. The molecular weight excluding hydrogens is 404 g/mol. The van der Waals surface area contributed by atoms with Crippen molar-refractivity contribution in [2.24, 2.45) is 0 Å². The maximum Gasteiger partial charge on any atom is 0.325 e. The Morgan fingerprint density at radius 1 is 1.00 bits per heavy atom. The summed E-state index contributed by atoms with van der Waals surface area (Å²) >= 11 is 0. The van der Waals surface area contributed by atoms with Gasteiger partial charge in [-0.3, -0.25) is 14.5 Å². The molecule has 0 unspecified atom stereocenters. The number of urea groups is 1. The number of nitrogens with one attached hydrogen (secondary N) is 1. The van der Waals surface area contributed by atoms with Gasteiger partial charge in [0.25, 0.3) is 5.91 Å². The van der Waals surface area contributed by atoms with E-state index in [0.717, 1.165) is 27.8 Å². The molecule has 7 nitrogen and oxygen atoms in total. The zero-order valence-electron chi connectivity index (χ0n) is 17.6. The number of Topliss-reactive ketones (excluding diaryl/α,β-unsaturated/α-hetero) is 1. The molecule has 158 valence electrons. The first-order chi connectivity index (χ1) is 13.8. The van der Waals surface area contributed by atoms with Crippen molar-refractivity contribution in [2.45, 2.75) is 38.1 Å². The van der Waals surface area contributed by atoms with Crippen LogP contribution >= 0.6 is 0 Å². The van der Waals surface area contributed by atoms with Gasteiger partial charge in [0.1, 0.15) is 5.54 Å². The number of benzene rings is 2. The third-order valence-corrected chi connectivity index (χ3v) is 6.71. The summed E-state index contributed by atoms with van der Waals surface area (Å²) in [4.78, 5) is 39.4. The lowest BCUT2D eigenvalue weighted by Crippen LogP contribution is -2.41. The summed E-state index contributed by atoms with van der Waals surface area (Å²) in [5.41, 5.74) is 2.33. The van der Waals surface area contributed by atoms with E-state index in [4.69, 9.17) is 0 Å². The highest BCUT2D eigenvalue weighted by molar-refractivity contribution is 7.90. The number of imide groups is 1. The molecule has 0 aliphatic carbocycles. The molecule has 1 aliphatic heterocycles. The van der Waals surface area contributed by atoms with Crippen LogP contribution in [0.2, 0.25) is 0 Å². The van der Waals surface area contributed by atoms with Crippen LogP contribution in [0.1, 0.15) is 39.5 Å². The Bertz CT molecular complexity index is 1170. The van der Waals surface area contributed by atoms with Gasteiger partial charge in [-0.1, -0.05) is 18.2 Å². The van der Waals surface area contributed by atoms with Crippen molar-refractivity contribution >= 4 is 27.6 Å². The number of ketones is 1. The van der Waals surface area contributed by atoms with Gasteiger partial charge >= 0.3 is 6.03 Å². The van der Waals surface area contributed by atoms with E-state index >= 15 is 0 Å². The molecule has 0 aromatic heterocycles. The smallest absolute Gasteiger partial charge is 0.319 e. The second-order valence-corrected chi connectivity index (χ2v) is 9.93. The highest BCUT2D eigenvalue weighted by atomic mass is 32.2. The molecule has 3 amide bonds. The van der Waals surface area contributed by atoms with Crippen LogP contribution in [0.25, 0.3) is 0 Å². The minimum atomic E-state index is -3.38.